The number of aromatic nitrogens is 4. The number of para-hydroxylation sites is 1. The van der Waals surface area contributed by atoms with Crippen molar-refractivity contribution in [1.82, 2.24) is 19.1 Å². The second-order valence-corrected chi connectivity index (χ2v) is 24.2. The van der Waals surface area contributed by atoms with E-state index < -0.39 is 0 Å². The van der Waals surface area contributed by atoms with Crippen LogP contribution in [-0.4, -0.2) is 19.1 Å². The molecule has 2 aliphatic carbocycles. The molecule has 4 nitrogen and oxygen atoms in total. The number of imidazole rings is 2. The highest BCUT2D eigenvalue weighted by Crippen LogP contribution is 2.50. The van der Waals surface area contributed by atoms with E-state index >= 15 is 0 Å². The maximum Gasteiger partial charge on any atom is 0.144 e. The first-order valence-electron chi connectivity index (χ1n) is 30.6. The van der Waals surface area contributed by atoms with Crippen molar-refractivity contribution in [2.45, 2.75) is 208 Å². The second-order valence-electron chi connectivity index (χ2n) is 24.2. The average molecular weight is 1030 g/mol. The molecule has 8 rings (SSSR count). The molecule has 4 unspecified atom stereocenters. The SMILES string of the molecule is CCCC(C)C1=C(n2ccnc2-c2ccccc2CC(C)(C)C(C)(C)c2ccccc2-c2nccn2-c2c(C(CC)CCC)cccc2C(CCC)CCC)C(C(CC)CCCC2=CCCC=C2)=CC(c2ccccc2)C1. The Morgan fingerprint density at radius 3 is 1.88 bits per heavy atom. The van der Waals surface area contributed by atoms with Gasteiger partial charge in [0.25, 0.3) is 0 Å². The third-order valence-corrected chi connectivity index (χ3v) is 18.5. The van der Waals surface area contributed by atoms with Crippen LogP contribution in [0.2, 0.25) is 0 Å². The van der Waals surface area contributed by atoms with Crippen LogP contribution < -0.4 is 0 Å². The molecule has 0 N–H and O–H groups in total. The molecule has 0 radical (unpaired) electrons. The predicted molar refractivity (Wildman–Crippen MR) is 331 cm³/mol. The Hall–Kier alpha value is -5.74. The molecule has 0 amide bonds. The van der Waals surface area contributed by atoms with Crippen molar-refractivity contribution in [2.75, 3.05) is 0 Å². The Bertz CT molecular complexity index is 2960. The Kier molecular flexibility index (Phi) is 19.9. The number of benzene rings is 4. The summed E-state index contributed by atoms with van der Waals surface area (Å²) < 4.78 is 5.03. The highest BCUT2D eigenvalue weighted by atomic mass is 15.1. The third kappa shape index (κ3) is 12.7. The van der Waals surface area contributed by atoms with Crippen LogP contribution >= 0.6 is 0 Å². The minimum atomic E-state index is -0.263. The lowest BCUT2D eigenvalue weighted by Crippen LogP contribution is -2.39. The lowest BCUT2D eigenvalue weighted by molar-refractivity contribution is 0.196. The van der Waals surface area contributed by atoms with Gasteiger partial charge >= 0.3 is 0 Å². The van der Waals surface area contributed by atoms with Gasteiger partial charge in [-0.15, -0.1) is 0 Å². The number of hydrogen-bond donors (Lipinski definition) is 0. The molecule has 4 atom stereocenters. The van der Waals surface area contributed by atoms with Crippen LogP contribution in [0.15, 0.2) is 163 Å². The Morgan fingerprint density at radius 2 is 1.22 bits per heavy atom. The van der Waals surface area contributed by atoms with Crippen LogP contribution in [-0.2, 0) is 11.8 Å². The normalized spacial score (nSPS) is 16.4. The van der Waals surface area contributed by atoms with Gasteiger partial charge in [-0.25, -0.2) is 9.97 Å². The first-order chi connectivity index (χ1) is 37.4. The fraction of sp³-hybridized carbons (Fsp3) is 0.479. The molecule has 0 saturated carbocycles. The van der Waals surface area contributed by atoms with Gasteiger partial charge in [-0.1, -0.05) is 229 Å². The van der Waals surface area contributed by atoms with Gasteiger partial charge in [-0.2, -0.15) is 0 Å². The van der Waals surface area contributed by atoms with Gasteiger partial charge in [-0.3, -0.25) is 9.13 Å². The van der Waals surface area contributed by atoms with Gasteiger partial charge in [0.15, 0.2) is 0 Å². The third-order valence-electron chi connectivity index (χ3n) is 18.5. The van der Waals surface area contributed by atoms with Gasteiger partial charge in [0.1, 0.15) is 11.6 Å². The molecule has 0 saturated heterocycles. The lowest BCUT2D eigenvalue weighted by atomic mass is 9.60. The van der Waals surface area contributed by atoms with Crippen molar-refractivity contribution >= 4 is 5.70 Å². The van der Waals surface area contributed by atoms with Crippen LogP contribution in [0.4, 0.5) is 0 Å². The van der Waals surface area contributed by atoms with Crippen molar-refractivity contribution < 1.29 is 0 Å². The molecule has 4 heteroatoms. The summed E-state index contributed by atoms with van der Waals surface area (Å²) in [4.78, 5) is 10.7. The van der Waals surface area contributed by atoms with Crippen molar-refractivity contribution in [2.24, 2.45) is 17.3 Å². The zero-order chi connectivity index (χ0) is 54.5. The molecule has 2 aromatic heterocycles. The first-order valence-corrected chi connectivity index (χ1v) is 30.6. The minimum absolute atomic E-state index is 0.186. The predicted octanol–water partition coefficient (Wildman–Crippen LogP) is 21.2. The molecule has 0 bridgehead atoms. The highest BCUT2D eigenvalue weighted by molar-refractivity contribution is 5.77. The number of nitrogens with zero attached hydrogens (tertiary/aromatic N) is 4. The van der Waals surface area contributed by atoms with Gasteiger partial charge < -0.3 is 0 Å². The first kappa shape index (κ1) is 57.4. The molecule has 2 aliphatic rings. The fourth-order valence-electron chi connectivity index (χ4n) is 13.6. The van der Waals surface area contributed by atoms with Crippen molar-refractivity contribution in [3.05, 3.63) is 191 Å². The van der Waals surface area contributed by atoms with E-state index in [0.717, 1.165) is 50.2 Å². The molecule has 6 aromatic rings. The van der Waals surface area contributed by atoms with E-state index in [-0.39, 0.29) is 10.8 Å². The van der Waals surface area contributed by atoms with Crippen LogP contribution in [0.25, 0.3) is 34.2 Å². The minimum Gasteiger partial charge on any atom is -0.300 e. The maximum atomic E-state index is 5.37. The lowest BCUT2D eigenvalue weighted by Gasteiger charge is -2.44. The van der Waals surface area contributed by atoms with E-state index in [1.807, 2.05) is 6.20 Å². The van der Waals surface area contributed by atoms with Gasteiger partial charge in [0.05, 0.1) is 5.69 Å². The smallest absolute Gasteiger partial charge is 0.144 e. The average Bonchev–Trinajstić information content (AvgIpc) is 4.17. The second kappa shape index (κ2) is 26.7. The largest absolute Gasteiger partial charge is 0.300 e. The summed E-state index contributed by atoms with van der Waals surface area (Å²) in [6.45, 7) is 26.6. The zero-order valence-electron chi connectivity index (χ0n) is 49.6. The van der Waals surface area contributed by atoms with Crippen LogP contribution in [0.3, 0.4) is 0 Å². The van der Waals surface area contributed by atoms with E-state index in [1.54, 1.807) is 5.57 Å². The molecule has 408 valence electrons. The van der Waals surface area contributed by atoms with Crippen LogP contribution in [0.5, 0.6) is 0 Å². The van der Waals surface area contributed by atoms with Crippen LogP contribution in [0, 0.1) is 17.3 Å². The number of rotatable bonds is 27. The summed E-state index contributed by atoms with van der Waals surface area (Å²) >= 11 is 0. The Morgan fingerprint density at radius 1 is 0.610 bits per heavy atom. The van der Waals surface area contributed by atoms with Crippen molar-refractivity contribution in [3.8, 4) is 28.5 Å². The molecule has 0 spiro atoms. The summed E-state index contributed by atoms with van der Waals surface area (Å²) in [5.74, 6) is 4.31. The van der Waals surface area contributed by atoms with E-state index in [9.17, 15) is 0 Å². The standard InChI is InChI=1S/C73H96N4/c1-12-30-53(7)65-50-60(57-37-22-19-23-38-57)51-66(56(17-6)40-28-36-54-34-20-18-21-35-54)69(65)77-49-46-74-70(77)63-41-25-24-39-59(63)52-72(8,9)73(10,11)67-45-27-26-42-64(67)71-75-47-48-76(71)68-61(55(16-5)31-13-2)43-29-44-62(68)58(32-14-3)33-15-4/h19-20,22-27,29,34-35,37-39,41-49,51,53,55-56,58,60H,12-18,21,28,30-33,36,40,50,52H2,1-11H3. The monoisotopic (exact) mass is 1030 g/mol. The van der Waals surface area contributed by atoms with Crippen molar-refractivity contribution in [1.29, 1.82) is 0 Å². The molecule has 0 fully saturated rings. The summed E-state index contributed by atoms with van der Waals surface area (Å²) in [6, 6.07) is 36.9. The van der Waals surface area contributed by atoms with E-state index in [1.165, 1.54) is 132 Å². The molecule has 4 aromatic carbocycles. The van der Waals surface area contributed by atoms with E-state index in [0.29, 0.717) is 29.6 Å². The zero-order valence-corrected chi connectivity index (χ0v) is 49.6. The summed E-state index contributed by atoms with van der Waals surface area (Å²) in [6.07, 6.45) is 38.0. The van der Waals surface area contributed by atoms with E-state index in [2.05, 4.69) is 225 Å². The Labute approximate surface area is 467 Å². The molecule has 2 heterocycles. The van der Waals surface area contributed by atoms with Gasteiger partial charge in [-0.05, 0) is 157 Å². The van der Waals surface area contributed by atoms with Crippen molar-refractivity contribution in [3.63, 3.8) is 0 Å². The van der Waals surface area contributed by atoms with Crippen LogP contribution in [0.1, 0.15) is 224 Å². The Balaban J connectivity index is 1.20. The number of allylic oxidation sites excluding steroid dienone is 8. The summed E-state index contributed by atoms with van der Waals surface area (Å²) in [5.41, 5.74) is 16.4. The van der Waals surface area contributed by atoms with E-state index in [4.69, 9.17) is 9.97 Å². The fourth-order valence-corrected chi connectivity index (χ4v) is 13.6. The summed E-state index contributed by atoms with van der Waals surface area (Å²) in [5, 5.41) is 0. The topological polar surface area (TPSA) is 35.6 Å². The molecule has 0 aliphatic heterocycles. The number of hydrogen-bond acceptors (Lipinski definition) is 2. The highest BCUT2D eigenvalue weighted by Gasteiger charge is 2.41. The van der Waals surface area contributed by atoms with Gasteiger partial charge in [0, 0.05) is 47.5 Å². The maximum absolute atomic E-state index is 5.37. The molecule has 77 heavy (non-hydrogen) atoms. The summed E-state index contributed by atoms with van der Waals surface area (Å²) in [7, 11) is 0. The quantitative estimate of drug-likeness (QED) is 0.0515. The van der Waals surface area contributed by atoms with Gasteiger partial charge in [0.2, 0.25) is 0 Å². The molecular formula is C73H96N4. The molecular weight excluding hydrogens is 933 g/mol.